The number of nitrogens with zero attached hydrogens (tertiary/aromatic N) is 5. The topological polar surface area (TPSA) is 84.4 Å². The molecule has 1 saturated heterocycles. The quantitative estimate of drug-likeness (QED) is 0.554. The van der Waals surface area contributed by atoms with Crippen molar-refractivity contribution >= 4 is 45.6 Å². The van der Waals surface area contributed by atoms with Crippen LogP contribution in [0.25, 0.3) is 16.7 Å². The van der Waals surface area contributed by atoms with Crippen LogP contribution >= 0.6 is 11.6 Å². The number of halogens is 1. The maximum absolute atomic E-state index is 6.39. The van der Waals surface area contributed by atoms with Gasteiger partial charge in [-0.05, 0) is 37.1 Å². The highest BCUT2D eigenvalue weighted by atomic mass is 35.5. The van der Waals surface area contributed by atoms with Crippen LogP contribution in [0.4, 0.5) is 17.3 Å². The molecule has 7 nitrogen and oxygen atoms in total. The monoisotopic (exact) mass is 393 g/mol. The van der Waals surface area contributed by atoms with Crippen molar-refractivity contribution in [1.82, 2.24) is 19.4 Å². The lowest BCUT2D eigenvalue weighted by Gasteiger charge is -2.18. The molecule has 0 radical (unpaired) electrons. The predicted octanol–water partition coefficient (Wildman–Crippen LogP) is 3.52. The number of hydrogen-bond acceptors (Lipinski definition) is 6. The van der Waals surface area contributed by atoms with Crippen LogP contribution in [0, 0.1) is 6.92 Å². The van der Waals surface area contributed by atoms with Gasteiger partial charge in [0.15, 0.2) is 11.5 Å². The lowest BCUT2D eigenvalue weighted by molar-refractivity contribution is 0.751. The van der Waals surface area contributed by atoms with Crippen molar-refractivity contribution in [2.24, 2.45) is 5.73 Å². The molecular weight excluding hydrogens is 374 g/mol. The van der Waals surface area contributed by atoms with Crippen LogP contribution < -0.4 is 16.0 Å². The number of nitrogens with two attached hydrogens (primary N) is 1. The van der Waals surface area contributed by atoms with Crippen molar-refractivity contribution in [3.63, 3.8) is 0 Å². The first kappa shape index (κ1) is 17.2. The zero-order chi connectivity index (χ0) is 19.3. The average molecular weight is 394 g/mol. The molecule has 1 atom stereocenters. The van der Waals surface area contributed by atoms with Crippen LogP contribution in [0.2, 0.25) is 5.02 Å². The van der Waals surface area contributed by atoms with E-state index in [1.165, 1.54) is 0 Å². The number of hydrogen-bond donors (Lipinski definition) is 2. The van der Waals surface area contributed by atoms with Crippen molar-refractivity contribution in [2.75, 3.05) is 23.3 Å². The van der Waals surface area contributed by atoms with Gasteiger partial charge in [0.05, 0.1) is 16.9 Å². The van der Waals surface area contributed by atoms with Crippen LogP contribution in [0.5, 0.6) is 0 Å². The van der Waals surface area contributed by atoms with Crippen molar-refractivity contribution in [3.8, 4) is 0 Å². The number of anilines is 3. The van der Waals surface area contributed by atoms with Gasteiger partial charge in [0.1, 0.15) is 23.2 Å². The van der Waals surface area contributed by atoms with Crippen molar-refractivity contribution in [2.45, 2.75) is 19.4 Å². The fraction of sp³-hybridized carbons (Fsp3) is 0.250. The number of benzene rings is 1. The molecule has 142 valence electrons. The second-order valence-electron chi connectivity index (χ2n) is 7.17. The summed E-state index contributed by atoms with van der Waals surface area (Å²) in [5.41, 5.74) is 10.3. The second-order valence-corrected chi connectivity index (χ2v) is 7.58. The van der Waals surface area contributed by atoms with E-state index in [-0.39, 0.29) is 6.04 Å². The van der Waals surface area contributed by atoms with Crippen molar-refractivity contribution in [1.29, 1.82) is 0 Å². The van der Waals surface area contributed by atoms with E-state index in [1.54, 1.807) is 12.5 Å². The van der Waals surface area contributed by atoms with Crippen LogP contribution in [0.1, 0.15) is 12.0 Å². The van der Waals surface area contributed by atoms with Crippen LogP contribution in [0.15, 0.2) is 42.9 Å². The Bertz CT molecular complexity index is 1170. The summed E-state index contributed by atoms with van der Waals surface area (Å²) < 4.78 is 1.95. The van der Waals surface area contributed by atoms with E-state index >= 15 is 0 Å². The summed E-state index contributed by atoms with van der Waals surface area (Å²) in [6, 6.07) is 10.00. The minimum absolute atomic E-state index is 0.203. The zero-order valence-electron chi connectivity index (χ0n) is 15.4. The van der Waals surface area contributed by atoms with Crippen molar-refractivity contribution < 1.29 is 0 Å². The van der Waals surface area contributed by atoms with E-state index < -0.39 is 0 Å². The van der Waals surface area contributed by atoms with E-state index in [9.17, 15) is 0 Å². The van der Waals surface area contributed by atoms with Gasteiger partial charge in [-0.25, -0.2) is 15.0 Å². The minimum atomic E-state index is 0.203. The van der Waals surface area contributed by atoms with E-state index in [4.69, 9.17) is 27.3 Å². The maximum atomic E-state index is 6.39. The van der Waals surface area contributed by atoms with Gasteiger partial charge in [-0.15, -0.1) is 0 Å². The molecule has 4 heterocycles. The van der Waals surface area contributed by atoms with E-state index in [2.05, 4.69) is 15.2 Å². The third-order valence-electron chi connectivity index (χ3n) is 5.20. The van der Waals surface area contributed by atoms with E-state index in [1.807, 2.05) is 41.7 Å². The molecule has 0 spiro atoms. The highest BCUT2D eigenvalue weighted by Gasteiger charge is 2.21. The Morgan fingerprint density at radius 2 is 2.11 bits per heavy atom. The molecule has 0 saturated carbocycles. The first-order chi connectivity index (χ1) is 13.6. The molecule has 28 heavy (non-hydrogen) atoms. The molecule has 1 fully saturated rings. The summed E-state index contributed by atoms with van der Waals surface area (Å²) in [7, 11) is 0. The lowest BCUT2D eigenvalue weighted by Crippen LogP contribution is -2.26. The highest BCUT2D eigenvalue weighted by molar-refractivity contribution is 6.33. The van der Waals surface area contributed by atoms with Gasteiger partial charge < -0.3 is 16.0 Å². The summed E-state index contributed by atoms with van der Waals surface area (Å²) in [5.74, 6) is 1.61. The summed E-state index contributed by atoms with van der Waals surface area (Å²) in [6.07, 6.45) is 4.52. The molecule has 1 aliphatic rings. The van der Waals surface area contributed by atoms with Gasteiger partial charge in [0, 0.05) is 19.1 Å². The van der Waals surface area contributed by atoms with E-state index in [0.29, 0.717) is 10.8 Å². The molecule has 0 unspecified atom stereocenters. The summed E-state index contributed by atoms with van der Waals surface area (Å²) in [5, 5.41) is 4.03. The molecule has 8 heteroatoms. The van der Waals surface area contributed by atoms with Crippen LogP contribution in [-0.2, 0) is 0 Å². The predicted molar refractivity (Wildman–Crippen MR) is 113 cm³/mol. The number of aryl methyl sites for hydroxylation is 1. The SMILES string of the molecule is Cc1cccc(Cl)c1Nc1nc2ccc(N3CC[C@@H](N)C3)nc2n2cncc12. The Kier molecular flexibility index (Phi) is 4.07. The number of imidazole rings is 1. The van der Waals surface area contributed by atoms with Crippen molar-refractivity contribution in [3.05, 3.63) is 53.4 Å². The lowest BCUT2D eigenvalue weighted by atomic mass is 10.2. The van der Waals surface area contributed by atoms with Gasteiger partial charge in [-0.2, -0.15) is 0 Å². The molecule has 5 rings (SSSR count). The summed E-state index contributed by atoms with van der Waals surface area (Å²) in [6.45, 7) is 3.76. The Morgan fingerprint density at radius 3 is 2.89 bits per heavy atom. The van der Waals surface area contributed by atoms with Crippen LogP contribution in [-0.4, -0.2) is 38.5 Å². The third kappa shape index (κ3) is 2.83. The number of rotatable bonds is 3. The molecule has 1 aromatic carbocycles. The van der Waals surface area contributed by atoms with E-state index in [0.717, 1.165) is 53.3 Å². The number of pyridine rings is 1. The Hall–Kier alpha value is -2.90. The molecule has 0 bridgehead atoms. The fourth-order valence-electron chi connectivity index (χ4n) is 3.68. The Labute approximate surface area is 167 Å². The van der Waals surface area contributed by atoms with Gasteiger partial charge >= 0.3 is 0 Å². The first-order valence-electron chi connectivity index (χ1n) is 9.25. The fourth-order valence-corrected chi connectivity index (χ4v) is 3.95. The molecule has 3 aromatic heterocycles. The standard InChI is InChI=1S/C20H20ClN7/c1-12-3-2-4-14(21)18(12)26-19-16-9-23-11-28(16)20-15(24-19)5-6-17(25-20)27-8-7-13(22)10-27/h2-6,9,11,13H,7-8,10,22H2,1H3,(H,24,26)/t13-/m1/s1. The first-order valence-corrected chi connectivity index (χ1v) is 9.63. The normalized spacial score (nSPS) is 17.0. The second kappa shape index (κ2) is 6.61. The molecule has 4 aromatic rings. The number of para-hydroxylation sites is 1. The zero-order valence-corrected chi connectivity index (χ0v) is 16.2. The molecule has 1 aliphatic heterocycles. The minimum Gasteiger partial charge on any atom is -0.355 e. The smallest absolute Gasteiger partial charge is 0.166 e. The van der Waals surface area contributed by atoms with Gasteiger partial charge in [0.25, 0.3) is 0 Å². The van der Waals surface area contributed by atoms with Gasteiger partial charge in [-0.1, -0.05) is 23.7 Å². The number of fused-ring (bicyclic) bond motifs is 3. The largest absolute Gasteiger partial charge is 0.355 e. The van der Waals surface area contributed by atoms with Crippen LogP contribution in [0.3, 0.4) is 0 Å². The highest BCUT2D eigenvalue weighted by Crippen LogP contribution is 2.31. The van der Waals surface area contributed by atoms with Gasteiger partial charge in [-0.3, -0.25) is 4.40 Å². The molecular formula is C20H20ClN7. The Balaban J connectivity index is 1.62. The third-order valence-corrected chi connectivity index (χ3v) is 5.51. The number of aromatic nitrogens is 4. The molecule has 0 amide bonds. The summed E-state index contributed by atoms with van der Waals surface area (Å²) >= 11 is 6.39. The summed E-state index contributed by atoms with van der Waals surface area (Å²) in [4.78, 5) is 16.2. The maximum Gasteiger partial charge on any atom is 0.166 e. The average Bonchev–Trinajstić information content (AvgIpc) is 3.34. The molecule has 0 aliphatic carbocycles. The Morgan fingerprint density at radius 1 is 1.21 bits per heavy atom. The van der Waals surface area contributed by atoms with Gasteiger partial charge in [0.2, 0.25) is 0 Å². The molecule has 3 N–H and O–H groups in total. The number of nitrogens with one attached hydrogen (secondary N) is 1.